The molecule has 9 heteroatoms. The molecule has 0 aromatic carbocycles. The summed E-state index contributed by atoms with van der Waals surface area (Å²) in [4.78, 5) is 34.2. The number of amides is 1. The molecule has 0 spiro atoms. The first-order valence-electron chi connectivity index (χ1n) is 16.1. The standard InChI is InChI=1S/C31H47FN4O4/c1-34-12-4-6-20(34)10-11-33-26-24(32)17-22-28-30(26)40-25-9-8-19-5-2-3-7-21(19)27(25)36(28)18-23(29(22)37)31(38)35-13-15-39-16-14-35/h18-22,24-28,30,33H,2-17H2,1H3. The number of rotatable bonds is 5. The number of ether oxygens (including phenoxy) is 2. The molecular weight excluding hydrogens is 511 g/mol. The van der Waals surface area contributed by atoms with E-state index >= 15 is 4.39 Å². The summed E-state index contributed by atoms with van der Waals surface area (Å²) in [5.74, 6) is 0.237. The first kappa shape index (κ1) is 27.3. The van der Waals surface area contributed by atoms with Crippen LogP contribution in [0.1, 0.15) is 64.2 Å². The highest BCUT2D eigenvalue weighted by Gasteiger charge is 2.60. The second-order valence-corrected chi connectivity index (χ2v) is 13.6. The summed E-state index contributed by atoms with van der Waals surface area (Å²) in [5, 5.41) is 3.59. The minimum atomic E-state index is -1.18. The zero-order valence-electron chi connectivity index (χ0n) is 24.0. The van der Waals surface area contributed by atoms with Gasteiger partial charge in [0.1, 0.15) is 6.17 Å². The van der Waals surface area contributed by atoms with Gasteiger partial charge in [-0.05, 0) is 76.9 Å². The lowest BCUT2D eigenvalue weighted by molar-refractivity contribution is -0.215. The molecule has 8 nitrogen and oxygen atoms in total. The summed E-state index contributed by atoms with van der Waals surface area (Å²) in [6.45, 7) is 3.85. The molecule has 1 N–H and O–H groups in total. The van der Waals surface area contributed by atoms with Crippen molar-refractivity contribution in [3.05, 3.63) is 11.8 Å². The fraction of sp³-hybridized carbons (Fsp3) is 0.871. The topological polar surface area (TPSA) is 74.4 Å². The van der Waals surface area contributed by atoms with Crippen LogP contribution in [0.25, 0.3) is 0 Å². The first-order valence-corrected chi connectivity index (χ1v) is 16.1. The average molecular weight is 559 g/mol. The molecule has 6 fully saturated rings. The van der Waals surface area contributed by atoms with Crippen molar-refractivity contribution in [1.82, 2.24) is 20.0 Å². The van der Waals surface area contributed by atoms with Crippen LogP contribution < -0.4 is 5.32 Å². The van der Waals surface area contributed by atoms with Gasteiger partial charge in [0.05, 0.1) is 49.1 Å². The van der Waals surface area contributed by atoms with E-state index in [4.69, 9.17) is 9.47 Å². The van der Waals surface area contributed by atoms with Gasteiger partial charge in [0, 0.05) is 31.2 Å². The molecule has 3 saturated carbocycles. The fourth-order valence-electron chi connectivity index (χ4n) is 9.50. The maximum absolute atomic E-state index is 16.1. The van der Waals surface area contributed by atoms with E-state index in [9.17, 15) is 9.59 Å². The summed E-state index contributed by atoms with van der Waals surface area (Å²) in [5.41, 5.74) is 0.253. The number of Topliss-reactive ketones (excluding diaryl/α,β-unsaturated/α-hetero) is 1. The maximum atomic E-state index is 16.1. The summed E-state index contributed by atoms with van der Waals surface area (Å²) in [6.07, 6.45) is 11.0. The lowest BCUT2D eigenvalue weighted by atomic mass is 9.63. The van der Waals surface area contributed by atoms with E-state index in [2.05, 4.69) is 22.2 Å². The molecule has 1 amide bonds. The Labute approximate surface area is 238 Å². The van der Waals surface area contributed by atoms with Crippen molar-refractivity contribution < 1.29 is 23.5 Å². The smallest absolute Gasteiger partial charge is 0.259 e. The number of halogens is 1. The number of ketones is 1. The van der Waals surface area contributed by atoms with Gasteiger partial charge in [-0.25, -0.2) is 4.39 Å². The third-order valence-corrected chi connectivity index (χ3v) is 11.5. The van der Waals surface area contributed by atoms with Gasteiger partial charge in [0.15, 0.2) is 5.78 Å². The number of nitrogens with one attached hydrogen (secondary N) is 1. The average Bonchev–Trinajstić information content (AvgIpc) is 3.39. The highest BCUT2D eigenvalue weighted by molar-refractivity contribution is 6.20. The van der Waals surface area contributed by atoms with Crippen molar-refractivity contribution in [3.63, 3.8) is 0 Å². The summed E-state index contributed by atoms with van der Waals surface area (Å²) < 4.78 is 28.5. The van der Waals surface area contributed by atoms with E-state index in [0.29, 0.717) is 44.2 Å². The van der Waals surface area contributed by atoms with Crippen LogP contribution in [0.3, 0.4) is 0 Å². The molecule has 222 valence electrons. The second kappa shape index (κ2) is 11.3. The summed E-state index contributed by atoms with van der Waals surface area (Å²) >= 11 is 0. The Hall–Kier alpha value is -1.55. The third-order valence-electron chi connectivity index (χ3n) is 11.5. The Bertz CT molecular complexity index is 1000. The molecule has 0 aromatic rings. The molecule has 4 aliphatic heterocycles. The highest BCUT2D eigenvalue weighted by Crippen LogP contribution is 2.51. The van der Waals surface area contributed by atoms with Gasteiger partial charge in [-0.3, -0.25) is 9.59 Å². The Morgan fingerprint density at radius 3 is 2.67 bits per heavy atom. The van der Waals surface area contributed by atoms with E-state index in [1.807, 2.05) is 6.20 Å². The zero-order valence-corrected chi connectivity index (χ0v) is 24.0. The quantitative estimate of drug-likeness (QED) is 0.520. The zero-order chi connectivity index (χ0) is 27.4. The number of alkyl halides is 1. The number of carbonyl (C=O) groups is 2. The van der Waals surface area contributed by atoms with E-state index in [1.54, 1.807) is 4.90 Å². The third kappa shape index (κ3) is 4.73. The van der Waals surface area contributed by atoms with Crippen LogP contribution in [0, 0.1) is 17.8 Å². The van der Waals surface area contributed by atoms with Crippen LogP contribution in [0.15, 0.2) is 11.8 Å². The van der Waals surface area contributed by atoms with Crippen LogP contribution in [-0.4, -0.2) is 115 Å². The van der Waals surface area contributed by atoms with Gasteiger partial charge in [0.25, 0.3) is 5.91 Å². The first-order chi connectivity index (χ1) is 19.5. The molecule has 0 aromatic heterocycles. The molecule has 3 saturated heterocycles. The van der Waals surface area contributed by atoms with E-state index in [1.165, 1.54) is 38.5 Å². The van der Waals surface area contributed by atoms with Gasteiger partial charge in [-0.15, -0.1) is 0 Å². The molecule has 0 radical (unpaired) electrons. The maximum Gasteiger partial charge on any atom is 0.259 e. The van der Waals surface area contributed by atoms with Crippen LogP contribution in [0.4, 0.5) is 4.39 Å². The minimum absolute atomic E-state index is 0.0148. The summed E-state index contributed by atoms with van der Waals surface area (Å²) in [6, 6.07) is 0.0597. The minimum Gasteiger partial charge on any atom is -0.378 e. The van der Waals surface area contributed by atoms with Crippen LogP contribution in [0.5, 0.6) is 0 Å². The molecule has 10 atom stereocenters. The van der Waals surface area contributed by atoms with Crippen molar-refractivity contribution in [2.45, 2.75) is 107 Å². The summed E-state index contributed by atoms with van der Waals surface area (Å²) in [7, 11) is 2.18. The van der Waals surface area contributed by atoms with Gasteiger partial charge >= 0.3 is 0 Å². The number of likely N-dealkylation sites (tertiary alicyclic amines) is 1. The second-order valence-electron chi connectivity index (χ2n) is 13.6. The van der Waals surface area contributed by atoms with E-state index < -0.39 is 24.2 Å². The Balaban J connectivity index is 1.19. The molecular formula is C31H47FN4O4. The van der Waals surface area contributed by atoms with Gasteiger partial charge in [-0.1, -0.05) is 19.3 Å². The van der Waals surface area contributed by atoms with Crippen molar-refractivity contribution in [3.8, 4) is 0 Å². The van der Waals surface area contributed by atoms with Crippen LogP contribution >= 0.6 is 0 Å². The predicted octanol–water partition coefficient (Wildman–Crippen LogP) is 2.52. The Morgan fingerprint density at radius 2 is 1.88 bits per heavy atom. The molecule has 0 bridgehead atoms. The predicted molar refractivity (Wildman–Crippen MR) is 148 cm³/mol. The van der Waals surface area contributed by atoms with Gasteiger partial charge < -0.3 is 29.5 Å². The highest BCUT2D eigenvalue weighted by atomic mass is 19.1. The number of carbonyl (C=O) groups excluding carboxylic acids is 2. The molecule has 10 unspecified atom stereocenters. The number of hydrogen-bond acceptors (Lipinski definition) is 7. The molecule has 40 heavy (non-hydrogen) atoms. The number of hydrogen-bond donors (Lipinski definition) is 1. The van der Waals surface area contributed by atoms with Crippen molar-refractivity contribution in [2.24, 2.45) is 17.8 Å². The lowest BCUT2D eigenvalue weighted by Crippen LogP contribution is -2.74. The van der Waals surface area contributed by atoms with Crippen LogP contribution in [0.2, 0.25) is 0 Å². The molecule has 7 aliphatic rings. The Kier molecular flexibility index (Phi) is 7.69. The van der Waals surface area contributed by atoms with Gasteiger partial charge in [0.2, 0.25) is 0 Å². The van der Waals surface area contributed by atoms with E-state index in [0.717, 1.165) is 32.4 Å². The van der Waals surface area contributed by atoms with E-state index in [-0.39, 0.29) is 41.9 Å². The lowest BCUT2D eigenvalue weighted by Gasteiger charge is -2.62. The fourth-order valence-corrected chi connectivity index (χ4v) is 9.50. The van der Waals surface area contributed by atoms with Gasteiger partial charge in [-0.2, -0.15) is 0 Å². The Morgan fingerprint density at radius 1 is 1.05 bits per heavy atom. The normalized spacial score (nSPS) is 43.5. The number of nitrogens with zero attached hydrogens (tertiary/aromatic N) is 3. The molecule has 7 rings (SSSR count). The largest absolute Gasteiger partial charge is 0.378 e. The number of fused-ring (bicyclic) bond motifs is 4. The number of morpholine rings is 2. The molecule has 4 heterocycles. The SMILES string of the molecule is CN1CCCC1CCNC1C(F)CC2C(=O)C(C(=O)N3CCOCC3)=CN3C4C(CCC5CCCCC54)OC1C23. The van der Waals surface area contributed by atoms with Crippen LogP contribution in [-0.2, 0) is 19.1 Å². The van der Waals surface area contributed by atoms with Crippen molar-refractivity contribution in [2.75, 3.05) is 46.4 Å². The monoisotopic (exact) mass is 558 g/mol. The van der Waals surface area contributed by atoms with Crippen molar-refractivity contribution in [1.29, 1.82) is 0 Å². The molecule has 3 aliphatic carbocycles. The van der Waals surface area contributed by atoms with Crippen molar-refractivity contribution >= 4 is 11.7 Å².